The van der Waals surface area contributed by atoms with Crippen LogP contribution >= 0.6 is 0 Å². The third-order valence-corrected chi connectivity index (χ3v) is 5.19. The number of benzene rings is 3. The average molecular weight is 442 g/mol. The fourth-order valence-corrected chi connectivity index (χ4v) is 3.95. The van der Waals surface area contributed by atoms with Crippen LogP contribution in [0.25, 0.3) is 32.4 Å². The molecule has 0 amide bonds. The largest absolute Gasteiger partial charge is 1.00 e. The topological polar surface area (TPSA) is 40.8 Å². The summed E-state index contributed by atoms with van der Waals surface area (Å²) in [5.74, 6) is 3.06. The zero-order chi connectivity index (χ0) is 18.5. The van der Waals surface area contributed by atoms with Crippen molar-refractivity contribution in [2.24, 2.45) is 7.05 Å². The highest BCUT2D eigenvalue weighted by Gasteiger charge is 2.20. The fraction of sp³-hybridized carbons (Fsp3) is 0.227. The summed E-state index contributed by atoms with van der Waals surface area (Å²) in [5.41, 5.74) is 1.14. The molecular weight excluding hydrogens is 422 g/mol. The molecule has 0 saturated heterocycles. The van der Waals surface area contributed by atoms with Gasteiger partial charge in [0.15, 0.2) is 29.2 Å². The van der Waals surface area contributed by atoms with Crippen LogP contribution in [0.2, 0.25) is 0 Å². The molecule has 0 bridgehead atoms. The Balaban J connectivity index is 0.00000192. The number of hydrogen-bond donors (Lipinski definition) is 0. The summed E-state index contributed by atoms with van der Waals surface area (Å²) < 4.78 is 24.7. The third-order valence-electron chi connectivity index (χ3n) is 5.19. The molecule has 5 rings (SSSR count). The Morgan fingerprint density at radius 3 is 2.18 bits per heavy atom. The Hall–Kier alpha value is -2.73. The van der Waals surface area contributed by atoms with Crippen LogP contribution < -0.4 is 40.5 Å². The summed E-state index contributed by atoms with van der Waals surface area (Å²) in [6.45, 7) is 1.17. The second-order valence-electron chi connectivity index (χ2n) is 6.71. The second-order valence-corrected chi connectivity index (χ2v) is 6.71. The van der Waals surface area contributed by atoms with Gasteiger partial charge in [-0.3, -0.25) is 0 Å². The van der Waals surface area contributed by atoms with Crippen molar-refractivity contribution in [3.05, 3.63) is 42.6 Å². The van der Waals surface area contributed by atoms with Crippen LogP contribution in [-0.2, 0) is 7.05 Å². The summed E-state index contributed by atoms with van der Waals surface area (Å²) >= 11 is 0. The van der Waals surface area contributed by atoms with E-state index in [0.717, 1.165) is 55.4 Å². The number of nitrogens with zero attached hydrogens (tertiary/aromatic N) is 1. The van der Waals surface area contributed by atoms with Crippen LogP contribution in [0.15, 0.2) is 42.6 Å². The van der Waals surface area contributed by atoms with E-state index in [-0.39, 0.29) is 17.0 Å². The van der Waals surface area contributed by atoms with E-state index in [4.69, 9.17) is 18.9 Å². The first-order valence-corrected chi connectivity index (χ1v) is 8.90. The number of aryl methyl sites for hydroxylation is 1. The number of rotatable bonds is 2. The minimum absolute atomic E-state index is 0. The van der Waals surface area contributed by atoms with Crippen molar-refractivity contribution in [1.82, 2.24) is 0 Å². The van der Waals surface area contributed by atoms with E-state index in [0.29, 0.717) is 13.2 Å². The Kier molecular flexibility index (Phi) is 4.67. The molecule has 0 saturated carbocycles. The summed E-state index contributed by atoms with van der Waals surface area (Å²) in [4.78, 5) is 0. The molecule has 0 unspecified atom stereocenters. The van der Waals surface area contributed by atoms with Gasteiger partial charge in [0, 0.05) is 5.39 Å². The Morgan fingerprint density at radius 2 is 1.46 bits per heavy atom. The Morgan fingerprint density at radius 1 is 0.786 bits per heavy atom. The normalized spacial score (nSPS) is 12.8. The van der Waals surface area contributed by atoms with Crippen molar-refractivity contribution >= 4 is 32.4 Å². The van der Waals surface area contributed by atoms with Gasteiger partial charge < -0.3 is 35.9 Å². The predicted molar refractivity (Wildman–Crippen MR) is 104 cm³/mol. The molecule has 0 radical (unpaired) electrons. The molecule has 3 aromatic carbocycles. The van der Waals surface area contributed by atoms with Crippen LogP contribution in [0.4, 0.5) is 0 Å². The summed E-state index contributed by atoms with van der Waals surface area (Å²) in [6.07, 6.45) is 2.12. The number of halogens is 1. The van der Waals surface area contributed by atoms with Gasteiger partial charge in [-0.15, -0.1) is 0 Å². The van der Waals surface area contributed by atoms with Crippen LogP contribution in [-0.4, -0.2) is 27.4 Å². The lowest BCUT2D eigenvalue weighted by molar-refractivity contribution is -0.642. The van der Waals surface area contributed by atoms with Gasteiger partial charge in [0.05, 0.1) is 30.4 Å². The van der Waals surface area contributed by atoms with E-state index < -0.39 is 0 Å². The van der Waals surface area contributed by atoms with Crippen molar-refractivity contribution < 1.29 is 40.5 Å². The maximum Gasteiger partial charge on any atom is 0.220 e. The number of fused-ring (bicyclic) bond motifs is 6. The first kappa shape index (κ1) is 18.6. The molecular formula is C22H20BrNO4. The molecule has 28 heavy (non-hydrogen) atoms. The van der Waals surface area contributed by atoms with Crippen LogP contribution in [0.3, 0.4) is 0 Å². The quantitative estimate of drug-likeness (QED) is 0.340. The highest BCUT2D eigenvalue weighted by Crippen LogP contribution is 2.39. The van der Waals surface area contributed by atoms with Gasteiger partial charge in [0.25, 0.3) is 0 Å². The van der Waals surface area contributed by atoms with Gasteiger partial charge in [-0.1, -0.05) is 6.07 Å². The highest BCUT2D eigenvalue weighted by molar-refractivity contribution is 6.14. The third kappa shape index (κ3) is 2.71. The molecule has 0 atom stereocenters. The van der Waals surface area contributed by atoms with E-state index >= 15 is 0 Å². The molecule has 1 aliphatic heterocycles. The van der Waals surface area contributed by atoms with Gasteiger partial charge in [-0.2, -0.15) is 4.57 Å². The lowest BCUT2D eigenvalue weighted by atomic mass is 10.00. The second kappa shape index (κ2) is 7.02. The van der Waals surface area contributed by atoms with E-state index in [1.165, 1.54) is 0 Å². The minimum Gasteiger partial charge on any atom is -1.00 e. The minimum atomic E-state index is 0. The first-order valence-electron chi connectivity index (χ1n) is 8.90. The van der Waals surface area contributed by atoms with E-state index in [2.05, 4.69) is 42.1 Å². The van der Waals surface area contributed by atoms with Gasteiger partial charge in [0.2, 0.25) is 5.52 Å². The first-order chi connectivity index (χ1) is 13.2. The molecule has 2 heterocycles. The molecule has 0 spiro atoms. The highest BCUT2D eigenvalue weighted by atomic mass is 79.9. The molecule has 1 aromatic heterocycles. The molecule has 0 fully saturated rings. The number of methoxy groups -OCH3 is 2. The molecule has 4 aromatic rings. The van der Waals surface area contributed by atoms with Crippen LogP contribution in [0.1, 0.15) is 0 Å². The SMILES string of the molecule is COc1cc2c[n+](C)c3c4cc5c(cc4ccc3c2cc1OC)OCCO5.[Br-]. The van der Waals surface area contributed by atoms with Crippen molar-refractivity contribution in [3.8, 4) is 23.0 Å². The fourth-order valence-electron chi connectivity index (χ4n) is 3.95. The smallest absolute Gasteiger partial charge is 0.220 e. The summed E-state index contributed by atoms with van der Waals surface area (Å²) in [5, 5.41) is 5.63. The molecule has 144 valence electrons. The zero-order valence-corrected chi connectivity index (χ0v) is 17.5. The molecule has 5 nitrogen and oxygen atoms in total. The Bertz CT molecular complexity index is 1220. The maximum absolute atomic E-state index is 5.80. The van der Waals surface area contributed by atoms with Crippen molar-refractivity contribution in [2.75, 3.05) is 27.4 Å². The van der Waals surface area contributed by atoms with Gasteiger partial charge in [-0.25, -0.2) is 0 Å². The molecule has 0 aliphatic carbocycles. The average Bonchev–Trinajstić information content (AvgIpc) is 2.70. The molecule has 0 N–H and O–H groups in total. The van der Waals surface area contributed by atoms with Gasteiger partial charge in [0.1, 0.15) is 20.3 Å². The Labute approximate surface area is 173 Å². The van der Waals surface area contributed by atoms with Crippen molar-refractivity contribution in [2.45, 2.75) is 0 Å². The summed E-state index contributed by atoms with van der Waals surface area (Å²) in [7, 11) is 5.38. The molecule has 6 heteroatoms. The number of pyridine rings is 1. The van der Waals surface area contributed by atoms with Gasteiger partial charge >= 0.3 is 0 Å². The van der Waals surface area contributed by atoms with Gasteiger partial charge in [-0.05, 0) is 35.7 Å². The monoisotopic (exact) mass is 441 g/mol. The number of ether oxygens (including phenoxy) is 4. The molecule has 1 aliphatic rings. The van der Waals surface area contributed by atoms with Crippen LogP contribution in [0.5, 0.6) is 23.0 Å². The van der Waals surface area contributed by atoms with E-state index in [1.54, 1.807) is 14.2 Å². The number of hydrogen-bond acceptors (Lipinski definition) is 4. The maximum atomic E-state index is 5.80. The van der Waals surface area contributed by atoms with E-state index in [9.17, 15) is 0 Å². The lowest BCUT2D eigenvalue weighted by Gasteiger charge is -2.19. The predicted octanol–water partition coefficient (Wildman–Crippen LogP) is 0.763. The number of aromatic nitrogens is 1. The summed E-state index contributed by atoms with van der Waals surface area (Å²) in [6, 6.07) is 12.5. The van der Waals surface area contributed by atoms with Crippen molar-refractivity contribution in [3.63, 3.8) is 0 Å². The standard InChI is InChI=1S/C22H20NO4.BrH/c1-23-12-14-9-18(24-2)19(25-3)10-16(14)15-5-4-13-8-20-21(27-7-6-26-20)11-17(13)22(15)23;/h4-5,8-12H,6-7H2,1-3H3;1H/q+1;/p-1. The lowest BCUT2D eigenvalue weighted by Crippen LogP contribution is -3.00. The zero-order valence-electron chi connectivity index (χ0n) is 15.9. The van der Waals surface area contributed by atoms with E-state index in [1.807, 2.05) is 12.1 Å². The van der Waals surface area contributed by atoms with Crippen molar-refractivity contribution in [1.29, 1.82) is 0 Å². The van der Waals surface area contributed by atoms with Crippen LogP contribution in [0, 0.1) is 0 Å².